The zero-order chi connectivity index (χ0) is 13.3. The number of aromatic nitrogens is 3. The van der Waals surface area contributed by atoms with Gasteiger partial charge in [0.15, 0.2) is 5.82 Å². The van der Waals surface area contributed by atoms with Gasteiger partial charge in [-0.3, -0.25) is 0 Å². The molecule has 0 atom stereocenters. The fourth-order valence-corrected chi connectivity index (χ4v) is 2.82. The average Bonchev–Trinajstić information content (AvgIpc) is 2.73. The van der Waals surface area contributed by atoms with Crippen LogP contribution in [0.2, 0.25) is 0 Å². The second-order valence-corrected chi connectivity index (χ2v) is 6.00. The quantitative estimate of drug-likeness (QED) is 0.903. The van der Waals surface area contributed by atoms with Crippen molar-refractivity contribution in [3.05, 3.63) is 30.3 Å². The number of sulfone groups is 1. The number of hydrogen-bond acceptors (Lipinski definition) is 5. The Morgan fingerprint density at radius 2 is 1.83 bits per heavy atom. The minimum absolute atomic E-state index is 0.0442. The van der Waals surface area contributed by atoms with E-state index in [4.69, 9.17) is 5.73 Å². The third kappa shape index (κ3) is 1.97. The molecule has 1 aromatic heterocycles. The summed E-state index contributed by atoms with van der Waals surface area (Å²) < 4.78 is 26.0. The molecule has 1 heterocycles. The molecule has 0 radical (unpaired) electrons. The Labute approximate surface area is 105 Å². The van der Waals surface area contributed by atoms with Crippen LogP contribution in [0.25, 0.3) is 0 Å². The molecule has 7 heteroatoms. The minimum atomic E-state index is -3.70. The third-order valence-electron chi connectivity index (χ3n) is 2.50. The van der Waals surface area contributed by atoms with Gasteiger partial charge >= 0.3 is 0 Å². The summed E-state index contributed by atoms with van der Waals surface area (Å²) >= 11 is 0. The fraction of sp³-hybridized carbons (Fsp3) is 0.273. The summed E-state index contributed by atoms with van der Waals surface area (Å²) in [6, 6.07) is 8.00. The summed E-state index contributed by atoms with van der Waals surface area (Å²) in [7, 11) is -3.70. The van der Waals surface area contributed by atoms with Gasteiger partial charge in [0.2, 0.25) is 14.9 Å². The van der Waals surface area contributed by atoms with Crippen molar-refractivity contribution in [3.63, 3.8) is 0 Å². The zero-order valence-corrected chi connectivity index (χ0v) is 10.9. The second kappa shape index (κ2) is 4.41. The summed E-state index contributed by atoms with van der Waals surface area (Å²) in [5.41, 5.74) is 5.79. The molecule has 2 rings (SSSR count). The van der Waals surface area contributed by atoms with Crippen LogP contribution in [0.5, 0.6) is 0 Å². The summed E-state index contributed by atoms with van der Waals surface area (Å²) in [5, 5.41) is 7.26. The molecule has 2 aromatic rings. The van der Waals surface area contributed by atoms with Crippen molar-refractivity contribution in [1.82, 2.24) is 15.0 Å². The molecule has 18 heavy (non-hydrogen) atoms. The van der Waals surface area contributed by atoms with Gasteiger partial charge < -0.3 is 5.73 Å². The van der Waals surface area contributed by atoms with E-state index in [9.17, 15) is 8.42 Å². The number of nitrogens with two attached hydrogens (primary N) is 1. The van der Waals surface area contributed by atoms with E-state index in [2.05, 4.69) is 10.3 Å². The number of nitrogens with zero attached hydrogens (tertiary/aromatic N) is 3. The summed E-state index contributed by atoms with van der Waals surface area (Å²) in [4.78, 5) is 0.160. The Balaban J connectivity index is 2.56. The highest BCUT2D eigenvalue weighted by Gasteiger charge is 2.26. The van der Waals surface area contributed by atoms with Gasteiger partial charge in [0.05, 0.1) is 10.9 Å². The number of rotatable bonds is 3. The van der Waals surface area contributed by atoms with E-state index >= 15 is 0 Å². The van der Waals surface area contributed by atoms with Gasteiger partial charge in [-0.05, 0) is 26.0 Å². The molecule has 2 N–H and O–H groups in total. The van der Waals surface area contributed by atoms with E-state index in [1.54, 1.807) is 18.2 Å². The summed E-state index contributed by atoms with van der Waals surface area (Å²) in [6.07, 6.45) is 0. The van der Waals surface area contributed by atoms with Crippen LogP contribution in [0.3, 0.4) is 0 Å². The molecule has 0 aliphatic heterocycles. The van der Waals surface area contributed by atoms with E-state index < -0.39 is 9.84 Å². The molecule has 96 valence electrons. The predicted molar refractivity (Wildman–Crippen MR) is 66.7 cm³/mol. The fourth-order valence-electron chi connectivity index (χ4n) is 1.57. The summed E-state index contributed by atoms with van der Waals surface area (Å²) in [5.74, 6) is 0.0638. The Morgan fingerprint density at radius 3 is 2.33 bits per heavy atom. The van der Waals surface area contributed by atoms with Crippen molar-refractivity contribution in [2.24, 2.45) is 0 Å². The maximum absolute atomic E-state index is 12.3. The Bertz CT molecular complexity index is 647. The maximum atomic E-state index is 12.3. The van der Waals surface area contributed by atoms with Crippen molar-refractivity contribution >= 4 is 15.7 Å². The van der Waals surface area contributed by atoms with Crippen LogP contribution in [-0.2, 0) is 9.84 Å². The number of benzene rings is 1. The average molecular weight is 266 g/mol. The first-order chi connectivity index (χ1) is 8.44. The molecule has 0 aliphatic rings. The maximum Gasteiger partial charge on any atom is 0.229 e. The SMILES string of the molecule is CC(C)n1nnc(S(=O)(=O)c2ccccc2)c1N. The van der Waals surface area contributed by atoms with Crippen molar-refractivity contribution in [3.8, 4) is 0 Å². The standard InChI is InChI=1S/C11H14N4O2S/c1-8(2)15-10(12)11(13-14-15)18(16,17)9-6-4-3-5-7-9/h3-8H,12H2,1-2H3. The lowest BCUT2D eigenvalue weighted by Crippen LogP contribution is -2.10. The lowest BCUT2D eigenvalue weighted by molar-refractivity contribution is 0.521. The lowest BCUT2D eigenvalue weighted by Gasteiger charge is -2.06. The van der Waals surface area contributed by atoms with Gasteiger partial charge in [0.25, 0.3) is 0 Å². The largest absolute Gasteiger partial charge is 0.381 e. The van der Waals surface area contributed by atoms with Crippen LogP contribution < -0.4 is 5.73 Å². The first-order valence-electron chi connectivity index (χ1n) is 5.45. The molecule has 0 aliphatic carbocycles. The van der Waals surface area contributed by atoms with Crippen molar-refractivity contribution in [2.75, 3.05) is 5.73 Å². The van der Waals surface area contributed by atoms with Crippen LogP contribution in [0.1, 0.15) is 19.9 Å². The molecule has 0 saturated heterocycles. The molecule has 0 saturated carbocycles. The zero-order valence-electron chi connectivity index (χ0n) is 10.1. The molecule has 0 spiro atoms. The number of nitrogen functional groups attached to an aromatic ring is 1. The topological polar surface area (TPSA) is 90.9 Å². The number of hydrogen-bond donors (Lipinski definition) is 1. The highest BCUT2D eigenvalue weighted by Crippen LogP contribution is 2.24. The first-order valence-corrected chi connectivity index (χ1v) is 6.93. The van der Waals surface area contributed by atoms with E-state index in [-0.39, 0.29) is 21.8 Å². The third-order valence-corrected chi connectivity index (χ3v) is 4.19. The van der Waals surface area contributed by atoms with Crippen molar-refractivity contribution in [2.45, 2.75) is 29.8 Å². The van der Waals surface area contributed by atoms with Crippen molar-refractivity contribution < 1.29 is 8.42 Å². The van der Waals surface area contributed by atoms with Gasteiger partial charge in [-0.1, -0.05) is 23.4 Å². The summed E-state index contributed by atoms with van der Waals surface area (Å²) in [6.45, 7) is 3.70. The molecular weight excluding hydrogens is 252 g/mol. The van der Waals surface area contributed by atoms with Crippen LogP contribution >= 0.6 is 0 Å². The predicted octanol–water partition coefficient (Wildman–Crippen LogP) is 1.27. The lowest BCUT2D eigenvalue weighted by atomic mass is 10.4. The molecule has 0 fully saturated rings. The highest BCUT2D eigenvalue weighted by atomic mass is 32.2. The minimum Gasteiger partial charge on any atom is -0.381 e. The van der Waals surface area contributed by atoms with Gasteiger partial charge in [-0.2, -0.15) is 0 Å². The van der Waals surface area contributed by atoms with Gasteiger partial charge in [-0.15, -0.1) is 5.10 Å². The molecule has 0 unspecified atom stereocenters. The Kier molecular flexibility index (Phi) is 3.08. The normalized spacial score (nSPS) is 11.9. The highest BCUT2D eigenvalue weighted by molar-refractivity contribution is 7.91. The van der Waals surface area contributed by atoms with Crippen molar-refractivity contribution in [1.29, 1.82) is 0 Å². The number of anilines is 1. The van der Waals surface area contributed by atoms with Crippen LogP contribution in [0, 0.1) is 0 Å². The molecular formula is C11H14N4O2S. The van der Waals surface area contributed by atoms with E-state index in [1.165, 1.54) is 16.8 Å². The van der Waals surface area contributed by atoms with Gasteiger partial charge in [-0.25, -0.2) is 13.1 Å². The second-order valence-electron chi connectivity index (χ2n) is 4.13. The molecule has 6 nitrogen and oxygen atoms in total. The molecule has 0 bridgehead atoms. The van der Waals surface area contributed by atoms with Gasteiger partial charge in [0.1, 0.15) is 0 Å². The molecule has 0 amide bonds. The van der Waals surface area contributed by atoms with Crippen LogP contribution in [0.15, 0.2) is 40.3 Å². The van der Waals surface area contributed by atoms with E-state index in [0.717, 1.165) is 0 Å². The first kappa shape index (κ1) is 12.6. The molecule has 1 aromatic carbocycles. The monoisotopic (exact) mass is 266 g/mol. The Morgan fingerprint density at radius 1 is 1.22 bits per heavy atom. The van der Waals surface area contributed by atoms with Crippen LogP contribution in [0.4, 0.5) is 5.82 Å². The van der Waals surface area contributed by atoms with E-state index in [1.807, 2.05) is 13.8 Å². The van der Waals surface area contributed by atoms with E-state index in [0.29, 0.717) is 0 Å². The van der Waals surface area contributed by atoms with Crippen LogP contribution in [-0.4, -0.2) is 23.4 Å². The van der Waals surface area contributed by atoms with Gasteiger partial charge in [0, 0.05) is 0 Å². The Hall–Kier alpha value is -1.89. The smallest absolute Gasteiger partial charge is 0.229 e.